The zero-order chi connectivity index (χ0) is 23.7. The van der Waals surface area contributed by atoms with Gasteiger partial charge in [-0.3, -0.25) is 14.4 Å². The maximum atomic E-state index is 13.5. The highest BCUT2D eigenvalue weighted by molar-refractivity contribution is 5.91. The molecule has 2 N–H and O–H groups in total. The first-order chi connectivity index (χ1) is 16.4. The third-order valence-electron chi connectivity index (χ3n) is 6.49. The molecule has 6 nitrogen and oxygen atoms in total. The SMILES string of the molecule is FCCCN1CC(Nc2cnc(C3=C(CC(F)(F)F)CCCc4c3ccc3[nH]ncc43)nc2)C1. The molecule has 0 spiro atoms. The van der Waals surface area contributed by atoms with Gasteiger partial charge in [-0.05, 0) is 48.4 Å². The van der Waals surface area contributed by atoms with Crippen LogP contribution in [0.4, 0.5) is 23.2 Å². The summed E-state index contributed by atoms with van der Waals surface area (Å²) >= 11 is 0. The summed E-state index contributed by atoms with van der Waals surface area (Å²) in [5.74, 6) is 0.300. The number of nitrogens with zero attached hydrogens (tertiary/aromatic N) is 4. The van der Waals surface area contributed by atoms with Gasteiger partial charge in [-0.2, -0.15) is 18.3 Å². The van der Waals surface area contributed by atoms with E-state index in [1.54, 1.807) is 18.6 Å². The standard InChI is InChI=1S/C24H26F4N6/c25-7-2-8-34-13-17(14-34)32-16-10-29-23(30-11-16)22-15(9-24(26,27)28)3-1-4-18-19(22)5-6-21-20(18)12-31-33-21/h5-6,10-12,17,32H,1-4,7-9,13-14H2,(H,31,33). The highest BCUT2D eigenvalue weighted by Gasteiger charge is 2.33. The average molecular weight is 475 g/mol. The number of alkyl halides is 4. The van der Waals surface area contributed by atoms with Gasteiger partial charge in [0.05, 0.1) is 48.9 Å². The van der Waals surface area contributed by atoms with E-state index in [9.17, 15) is 17.6 Å². The second-order valence-corrected chi connectivity index (χ2v) is 8.99. The van der Waals surface area contributed by atoms with Crippen molar-refractivity contribution in [3.8, 4) is 0 Å². The van der Waals surface area contributed by atoms with Crippen LogP contribution in [0, 0.1) is 0 Å². The minimum Gasteiger partial charge on any atom is -0.377 e. The van der Waals surface area contributed by atoms with E-state index in [0.29, 0.717) is 42.7 Å². The zero-order valence-electron chi connectivity index (χ0n) is 18.6. The van der Waals surface area contributed by atoms with Crippen LogP contribution < -0.4 is 5.32 Å². The second kappa shape index (κ2) is 9.32. The maximum Gasteiger partial charge on any atom is 0.392 e. The topological polar surface area (TPSA) is 69.7 Å². The fourth-order valence-corrected chi connectivity index (χ4v) is 4.97. The van der Waals surface area contributed by atoms with Crippen molar-refractivity contribution in [2.75, 3.05) is 31.6 Å². The van der Waals surface area contributed by atoms with E-state index in [2.05, 4.69) is 30.4 Å². The Bertz CT molecular complexity index is 1180. The molecule has 0 radical (unpaired) electrons. The van der Waals surface area contributed by atoms with Crippen LogP contribution in [0.5, 0.6) is 0 Å². The molecule has 3 heterocycles. The number of allylic oxidation sites excluding steroid dienone is 1. The van der Waals surface area contributed by atoms with Gasteiger partial charge >= 0.3 is 6.18 Å². The molecule has 0 unspecified atom stereocenters. The lowest BCUT2D eigenvalue weighted by atomic mass is 9.92. The number of aromatic nitrogens is 4. The number of benzene rings is 1. The molecule has 2 aromatic heterocycles. The van der Waals surface area contributed by atoms with Crippen molar-refractivity contribution < 1.29 is 17.6 Å². The van der Waals surface area contributed by atoms with Crippen molar-refractivity contribution in [2.45, 2.75) is 44.3 Å². The average Bonchev–Trinajstić information content (AvgIpc) is 3.18. The molecule has 1 aromatic carbocycles. The first-order valence-electron chi connectivity index (χ1n) is 11.5. The Hall–Kier alpha value is -3.01. The van der Waals surface area contributed by atoms with Crippen molar-refractivity contribution in [2.24, 2.45) is 0 Å². The molecule has 180 valence electrons. The quantitative estimate of drug-likeness (QED) is 0.477. The molecule has 5 rings (SSSR count). The number of hydrogen-bond acceptors (Lipinski definition) is 5. The lowest BCUT2D eigenvalue weighted by Crippen LogP contribution is -2.54. The molecule has 0 atom stereocenters. The summed E-state index contributed by atoms with van der Waals surface area (Å²) in [5, 5.41) is 11.3. The maximum absolute atomic E-state index is 13.5. The van der Waals surface area contributed by atoms with Crippen LogP contribution in [-0.2, 0) is 6.42 Å². The number of anilines is 1. The minimum atomic E-state index is -4.31. The van der Waals surface area contributed by atoms with Gasteiger partial charge in [0.25, 0.3) is 0 Å². The number of nitrogens with one attached hydrogen (secondary N) is 2. The number of aryl methyl sites for hydroxylation is 1. The molecule has 1 aliphatic carbocycles. The van der Waals surface area contributed by atoms with E-state index in [1.807, 2.05) is 12.1 Å². The lowest BCUT2D eigenvalue weighted by Gasteiger charge is -2.39. The summed E-state index contributed by atoms with van der Waals surface area (Å²) < 4.78 is 52.8. The Labute approximate surface area is 194 Å². The van der Waals surface area contributed by atoms with E-state index < -0.39 is 12.6 Å². The molecule has 1 aliphatic heterocycles. The monoisotopic (exact) mass is 474 g/mol. The number of aromatic amines is 1. The van der Waals surface area contributed by atoms with Gasteiger partial charge in [0.1, 0.15) is 0 Å². The highest BCUT2D eigenvalue weighted by atomic mass is 19.4. The molecule has 0 bridgehead atoms. The smallest absolute Gasteiger partial charge is 0.377 e. The predicted molar refractivity (Wildman–Crippen MR) is 122 cm³/mol. The van der Waals surface area contributed by atoms with E-state index in [0.717, 1.165) is 47.4 Å². The number of hydrogen-bond donors (Lipinski definition) is 2. The number of H-pyrrole nitrogens is 1. The molecule has 0 amide bonds. The Morgan fingerprint density at radius 2 is 1.88 bits per heavy atom. The van der Waals surface area contributed by atoms with Gasteiger partial charge in [-0.15, -0.1) is 0 Å². The molecule has 2 aliphatic rings. The summed E-state index contributed by atoms with van der Waals surface area (Å²) in [6, 6.07) is 3.92. The summed E-state index contributed by atoms with van der Waals surface area (Å²) in [6.07, 6.45) is 1.84. The Balaban J connectivity index is 1.44. The van der Waals surface area contributed by atoms with Gasteiger partial charge in [0, 0.05) is 30.6 Å². The summed E-state index contributed by atoms with van der Waals surface area (Å²) in [5.41, 5.74) is 4.09. The van der Waals surface area contributed by atoms with E-state index >= 15 is 0 Å². The molecule has 34 heavy (non-hydrogen) atoms. The molecule has 10 heteroatoms. The first kappa shape index (κ1) is 22.8. The fourth-order valence-electron chi connectivity index (χ4n) is 4.97. The van der Waals surface area contributed by atoms with Crippen LogP contribution in [0.1, 0.15) is 42.6 Å². The zero-order valence-corrected chi connectivity index (χ0v) is 18.6. The number of fused-ring (bicyclic) bond motifs is 3. The van der Waals surface area contributed by atoms with Crippen LogP contribution in [0.2, 0.25) is 0 Å². The van der Waals surface area contributed by atoms with Crippen LogP contribution in [0.15, 0.2) is 36.3 Å². The van der Waals surface area contributed by atoms with Gasteiger partial charge in [0.2, 0.25) is 0 Å². The summed E-state index contributed by atoms with van der Waals surface area (Å²) in [7, 11) is 0. The first-order valence-corrected chi connectivity index (χ1v) is 11.5. The molecular formula is C24H26F4N6. The number of halogens is 4. The van der Waals surface area contributed by atoms with Gasteiger partial charge in [-0.25, -0.2) is 9.97 Å². The van der Waals surface area contributed by atoms with E-state index in [4.69, 9.17) is 0 Å². The molecule has 1 fully saturated rings. The third kappa shape index (κ3) is 4.77. The lowest BCUT2D eigenvalue weighted by molar-refractivity contribution is -0.127. The highest BCUT2D eigenvalue weighted by Crippen LogP contribution is 2.40. The molecule has 0 saturated carbocycles. The van der Waals surface area contributed by atoms with Gasteiger partial charge < -0.3 is 5.32 Å². The van der Waals surface area contributed by atoms with Crippen LogP contribution in [-0.4, -0.2) is 63.6 Å². The van der Waals surface area contributed by atoms with Crippen molar-refractivity contribution in [1.29, 1.82) is 0 Å². The Kier molecular flexibility index (Phi) is 6.24. The Morgan fingerprint density at radius 3 is 2.62 bits per heavy atom. The Morgan fingerprint density at radius 1 is 1.09 bits per heavy atom. The van der Waals surface area contributed by atoms with Crippen molar-refractivity contribution in [1.82, 2.24) is 25.1 Å². The van der Waals surface area contributed by atoms with E-state index in [-0.39, 0.29) is 12.7 Å². The fraction of sp³-hybridized carbons (Fsp3) is 0.458. The van der Waals surface area contributed by atoms with Crippen LogP contribution >= 0.6 is 0 Å². The largest absolute Gasteiger partial charge is 0.392 e. The third-order valence-corrected chi connectivity index (χ3v) is 6.49. The van der Waals surface area contributed by atoms with Crippen molar-refractivity contribution in [3.63, 3.8) is 0 Å². The molecule has 1 saturated heterocycles. The molecular weight excluding hydrogens is 448 g/mol. The van der Waals surface area contributed by atoms with E-state index in [1.165, 1.54) is 0 Å². The normalized spacial score (nSPS) is 17.5. The summed E-state index contributed by atoms with van der Waals surface area (Å²) in [4.78, 5) is 11.1. The second-order valence-electron chi connectivity index (χ2n) is 8.99. The number of rotatable bonds is 7. The minimum absolute atomic E-state index is 0.224. The van der Waals surface area contributed by atoms with Gasteiger partial charge in [-0.1, -0.05) is 6.07 Å². The van der Waals surface area contributed by atoms with Crippen molar-refractivity contribution >= 4 is 22.2 Å². The van der Waals surface area contributed by atoms with Crippen molar-refractivity contribution in [3.05, 3.63) is 53.2 Å². The predicted octanol–water partition coefficient (Wildman–Crippen LogP) is 4.90. The van der Waals surface area contributed by atoms with Crippen LogP contribution in [0.3, 0.4) is 0 Å². The van der Waals surface area contributed by atoms with Gasteiger partial charge in [0.15, 0.2) is 5.82 Å². The molecule has 3 aromatic rings. The number of likely N-dealkylation sites (tertiary alicyclic amines) is 1. The summed E-state index contributed by atoms with van der Waals surface area (Å²) in [6.45, 7) is 2.06. The van der Waals surface area contributed by atoms with Crippen LogP contribution in [0.25, 0.3) is 16.5 Å².